The van der Waals surface area contributed by atoms with Crippen LogP contribution in [0.25, 0.3) is 0 Å². The van der Waals surface area contributed by atoms with Crippen molar-refractivity contribution in [2.75, 3.05) is 25.9 Å². The molecular weight excluding hydrogens is 356 g/mol. The highest BCUT2D eigenvalue weighted by atomic mass is 16.5. The smallest absolute Gasteiger partial charge is 0.255 e. The second-order valence-electron chi connectivity index (χ2n) is 7.79. The number of fused-ring (bicyclic) bond motifs is 2. The summed E-state index contributed by atoms with van der Waals surface area (Å²) in [7, 11) is 1.64. The molecule has 0 unspecified atom stereocenters. The minimum absolute atomic E-state index is 0.110. The van der Waals surface area contributed by atoms with Crippen LogP contribution in [-0.4, -0.2) is 41.0 Å². The third kappa shape index (κ3) is 3.37. The summed E-state index contributed by atoms with van der Waals surface area (Å²) in [6.07, 6.45) is 4.51. The molecule has 148 valence electrons. The number of likely N-dealkylation sites (tertiary alicyclic amines) is 1. The molecule has 0 radical (unpaired) electrons. The monoisotopic (exact) mass is 382 g/mol. The maximum absolute atomic E-state index is 12.7. The number of carbonyl (C=O) groups excluding carboxylic acids is 1. The topological polar surface area (TPSA) is 101 Å². The van der Waals surface area contributed by atoms with Gasteiger partial charge >= 0.3 is 0 Å². The zero-order valence-electron chi connectivity index (χ0n) is 16.2. The van der Waals surface area contributed by atoms with E-state index >= 15 is 0 Å². The molecule has 1 spiro atoms. The molecule has 3 N–H and O–H groups in total. The first kappa shape index (κ1) is 18.5. The SMILES string of the molecule is COc1cccc(CCC(=O)N2CCC3(CCc4c3nc(N)[nH]c4=O)CC2)c1. The van der Waals surface area contributed by atoms with Crippen molar-refractivity contribution in [2.45, 2.75) is 43.9 Å². The first-order chi connectivity index (χ1) is 13.5. The van der Waals surface area contributed by atoms with Gasteiger partial charge < -0.3 is 15.4 Å². The largest absolute Gasteiger partial charge is 0.497 e. The lowest BCUT2D eigenvalue weighted by atomic mass is 9.76. The average molecular weight is 382 g/mol. The van der Waals surface area contributed by atoms with Crippen LogP contribution in [0.4, 0.5) is 5.95 Å². The number of anilines is 1. The van der Waals surface area contributed by atoms with Gasteiger partial charge in [0, 0.05) is 30.5 Å². The molecule has 0 bridgehead atoms. The Labute approximate surface area is 163 Å². The zero-order valence-corrected chi connectivity index (χ0v) is 16.2. The molecule has 1 aromatic carbocycles. The van der Waals surface area contributed by atoms with Gasteiger partial charge in [0.05, 0.1) is 12.8 Å². The summed E-state index contributed by atoms with van der Waals surface area (Å²) in [5, 5.41) is 0. The number of amides is 1. The molecule has 7 heteroatoms. The molecule has 1 amide bonds. The highest BCUT2D eigenvalue weighted by Gasteiger charge is 2.44. The van der Waals surface area contributed by atoms with Crippen molar-refractivity contribution in [1.29, 1.82) is 0 Å². The highest BCUT2D eigenvalue weighted by molar-refractivity contribution is 5.76. The van der Waals surface area contributed by atoms with E-state index in [1.165, 1.54) is 0 Å². The lowest BCUT2D eigenvalue weighted by Crippen LogP contribution is -2.45. The van der Waals surface area contributed by atoms with Crippen LogP contribution in [0.3, 0.4) is 0 Å². The van der Waals surface area contributed by atoms with Gasteiger partial charge in [-0.1, -0.05) is 12.1 Å². The van der Waals surface area contributed by atoms with Crippen molar-refractivity contribution in [1.82, 2.24) is 14.9 Å². The highest BCUT2D eigenvalue weighted by Crippen LogP contribution is 2.44. The van der Waals surface area contributed by atoms with Crippen LogP contribution in [0.5, 0.6) is 5.75 Å². The van der Waals surface area contributed by atoms with Crippen molar-refractivity contribution in [3.8, 4) is 5.75 Å². The number of H-pyrrole nitrogens is 1. The maximum Gasteiger partial charge on any atom is 0.255 e. The third-order valence-corrected chi connectivity index (χ3v) is 6.22. The molecule has 1 saturated heterocycles. The summed E-state index contributed by atoms with van der Waals surface area (Å²) >= 11 is 0. The van der Waals surface area contributed by atoms with E-state index < -0.39 is 0 Å². The number of nitrogens with zero attached hydrogens (tertiary/aromatic N) is 2. The average Bonchev–Trinajstić information content (AvgIpc) is 3.05. The molecule has 1 aliphatic carbocycles. The molecule has 2 aliphatic rings. The molecule has 1 fully saturated rings. The van der Waals surface area contributed by atoms with Crippen LogP contribution in [0.15, 0.2) is 29.1 Å². The van der Waals surface area contributed by atoms with Crippen LogP contribution in [0.1, 0.15) is 42.5 Å². The van der Waals surface area contributed by atoms with Crippen LogP contribution in [0.2, 0.25) is 0 Å². The van der Waals surface area contributed by atoms with Gasteiger partial charge in [-0.3, -0.25) is 14.6 Å². The second kappa shape index (κ2) is 7.30. The number of carbonyl (C=O) groups is 1. The fraction of sp³-hybridized carbons (Fsp3) is 0.476. The number of nitrogens with two attached hydrogens (primary N) is 1. The van der Waals surface area contributed by atoms with E-state index in [0.29, 0.717) is 25.9 Å². The first-order valence-corrected chi connectivity index (χ1v) is 9.81. The Morgan fingerprint density at radius 1 is 1.32 bits per heavy atom. The van der Waals surface area contributed by atoms with Crippen molar-refractivity contribution < 1.29 is 9.53 Å². The lowest BCUT2D eigenvalue weighted by Gasteiger charge is -2.39. The first-order valence-electron chi connectivity index (χ1n) is 9.81. The molecule has 1 aliphatic heterocycles. The Balaban J connectivity index is 1.38. The van der Waals surface area contributed by atoms with Gasteiger partial charge in [-0.2, -0.15) is 0 Å². The van der Waals surface area contributed by atoms with Crippen molar-refractivity contribution in [2.24, 2.45) is 0 Å². The van der Waals surface area contributed by atoms with E-state index in [1.54, 1.807) is 7.11 Å². The Morgan fingerprint density at radius 3 is 2.86 bits per heavy atom. The number of aryl methyl sites for hydroxylation is 1. The number of nitrogens with one attached hydrogen (secondary N) is 1. The number of aromatic nitrogens is 2. The van der Waals surface area contributed by atoms with Gasteiger partial charge in [0.15, 0.2) is 0 Å². The van der Waals surface area contributed by atoms with Gasteiger partial charge in [-0.25, -0.2) is 4.98 Å². The van der Waals surface area contributed by atoms with Gasteiger partial charge in [0.1, 0.15) is 5.75 Å². The molecule has 0 saturated carbocycles. The van der Waals surface area contributed by atoms with Crippen molar-refractivity contribution >= 4 is 11.9 Å². The molecule has 1 aromatic heterocycles. The summed E-state index contributed by atoms with van der Waals surface area (Å²) in [5.41, 5.74) is 8.28. The second-order valence-corrected chi connectivity index (χ2v) is 7.79. The van der Waals surface area contributed by atoms with E-state index in [1.807, 2.05) is 29.2 Å². The van der Waals surface area contributed by atoms with E-state index in [-0.39, 0.29) is 22.8 Å². The quantitative estimate of drug-likeness (QED) is 0.840. The van der Waals surface area contributed by atoms with Gasteiger partial charge in [-0.15, -0.1) is 0 Å². The van der Waals surface area contributed by atoms with E-state index in [4.69, 9.17) is 10.5 Å². The molecule has 7 nitrogen and oxygen atoms in total. The Kier molecular flexibility index (Phi) is 4.83. The molecule has 0 atom stereocenters. The standard InChI is InChI=1S/C21H26N4O3/c1-28-15-4-2-3-14(13-15)5-6-17(26)25-11-9-21(10-12-25)8-7-16-18(21)23-20(22)24-19(16)27/h2-4,13H,5-12H2,1H3,(H3,22,23,24,27). The van der Waals surface area contributed by atoms with Crippen LogP contribution in [0, 0.1) is 0 Å². The molecule has 2 heterocycles. The predicted molar refractivity (Wildman–Crippen MR) is 106 cm³/mol. The summed E-state index contributed by atoms with van der Waals surface area (Å²) in [6, 6.07) is 7.84. The lowest BCUT2D eigenvalue weighted by molar-refractivity contribution is -0.132. The Bertz CT molecular complexity index is 945. The predicted octanol–water partition coefficient (Wildman–Crippen LogP) is 1.80. The van der Waals surface area contributed by atoms with E-state index in [0.717, 1.165) is 48.3 Å². The number of aromatic amines is 1. The number of hydrogen-bond acceptors (Lipinski definition) is 5. The molecule has 2 aromatic rings. The fourth-order valence-corrected chi connectivity index (χ4v) is 4.58. The summed E-state index contributed by atoms with van der Waals surface area (Å²) in [6.45, 7) is 1.40. The molecular formula is C21H26N4O3. The third-order valence-electron chi connectivity index (χ3n) is 6.22. The summed E-state index contributed by atoms with van der Waals surface area (Å²) in [5.74, 6) is 1.17. The summed E-state index contributed by atoms with van der Waals surface area (Å²) in [4.78, 5) is 33.8. The maximum atomic E-state index is 12.7. The van der Waals surface area contributed by atoms with Crippen LogP contribution >= 0.6 is 0 Å². The number of methoxy groups -OCH3 is 1. The van der Waals surface area contributed by atoms with Gasteiger partial charge in [0.2, 0.25) is 11.9 Å². The number of nitrogen functional groups attached to an aromatic ring is 1. The fourth-order valence-electron chi connectivity index (χ4n) is 4.58. The molecule has 28 heavy (non-hydrogen) atoms. The minimum Gasteiger partial charge on any atom is -0.497 e. The van der Waals surface area contributed by atoms with E-state index in [2.05, 4.69) is 9.97 Å². The van der Waals surface area contributed by atoms with Crippen LogP contribution < -0.4 is 16.0 Å². The normalized spacial score (nSPS) is 17.5. The van der Waals surface area contributed by atoms with Crippen LogP contribution in [-0.2, 0) is 23.1 Å². The number of rotatable bonds is 4. The minimum atomic E-state index is -0.115. The molecule has 4 rings (SSSR count). The Hall–Kier alpha value is -2.83. The van der Waals surface area contributed by atoms with Gasteiger partial charge in [0.25, 0.3) is 5.56 Å². The zero-order chi connectivity index (χ0) is 19.7. The number of ether oxygens (including phenoxy) is 1. The van der Waals surface area contributed by atoms with Gasteiger partial charge in [-0.05, 0) is 49.8 Å². The van der Waals surface area contributed by atoms with Crippen molar-refractivity contribution in [3.05, 3.63) is 51.4 Å². The van der Waals surface area contributed by atoms with E-state index in [9.17, 15) is 9.59 Å². The Morgan fingerprint density at radius 2 is 2.11 bits per heavy atom. The van der Waals surface area contributed by atoms with Crippen molar-refractivity contribution in [3.63, 3.8) is 0 Å². The number of benzene rings is 1. The number of piperidine rings is 1. The number of hydrogen-bond donors (Lipinski definition) is 2. The summed E-state index contributed by atoms with van der Waals surface area (Å²) < 4.78 is 5.24.